The molecule has 34 heavy (non-hydrogen) atoms. The van der Waals surface area contributed by atoms with Crippen LogP contribution in [0.15, 0.2) is 76.7 Å². The molecule has 9 heteroatoms. The third-order valence-corrected chi connectivity index (χ3v) is 6.03. The first-order valence-electron chi connectivity index (χ1n) is 10.4. The molecular weight excluding hydrogens is 457 g/mol. The first-order chi connectivity index (χ1) is 16.5. The summed E-state index contributed by atoms with van der Waals surface area (Å²) in [6.07, 6.45) is 0. The molecule has 4 aromatic rings. The van der Waals surface area contributed by atoms with Crippen LogP contribution in [-0.2, 0) is 11.3 Å². The second-order valence-corrected chi connectivity index (χ2v) is 8.28. The molecule has 0 unspecified atom stereocenters. The molecule has 0 saturated heterocycles. The van der Waals surface area contributed by atoms with Gasteiger partial charge in [-0.15, -0.1) is 0 Å². The van der Waals surface area contributed by atoms with Crippen LogP contribution in [0.2, 0.25) is 0 Å². The Morgan fingerprint density at radius 1 is 1.03 bits per heavy atom. The van der Waals surface area contributed by atoms with E-state index in [1.54, 1.807) is 56.7 Å². The van der Waals surface area contributed by atoms with Crippen LogP contribution < -0.4 is 20.3 Å². The van der Waals surface area contributed by atoms with Gasteiger partial charge in [0.15, 0.2) is 16.7 Å². The number of carbonyl (C=O) groups is 1. The highest BCUT2D eigenvalue weighted by atomic mass is 32.2. The average molecular weight is 480 g/mol. The fourth-order valence-corrected chi connectivity index (χ4v) is 4.25. The van der Waals surface area contributed by atoms with Gasteiger partial charge in [0.25, 0.3) is 5.56 Å². The Kier molecular flexibility index (Phi) is 7.12. The van der Waals surface area contributed by atoms with E-state index >= 15 is 0 Å². The molecule has 0 radical (unpaired) electrons. The maximum atomic E-state index is 13.4. The smallest absolute Gasteiger partial charge is 0.262 e. The zero-order valence-electron chi connectivity index (χ0n) is 18.6. The molecule has 1 amide bonds. The number of carbonyl (C=O) groups excluding carboxylic acids is 1. The van der Waals surface area contributed by atoms with Gasteiger partial charge in [-0.05, 0) is 48.0 Å². The van der Waals surface area contributed by atoms with Crippen LogP contribution in [0.25, 0.3) is 10.9 Å². The normalized spacial score (nSPS) is 10.8. The van der Waals surface area contributed by atoms with Crippen molar-refractivity contribution in [2.75, 3.05) is 25.3 Å². The number of halogens is 1. The summed E-state index contributed by atoms with van der Waals surface area (Å²) in [5, 5.41) is 3.54. The summed E-state index contributed by atoms with van der Waals surface area (Å²) in [7, 11) is 3.10. The highest BCUT2D eigenvalue weighted by molar-refractivity contribution is 7.99. The fraction of sp³-hybridized carbons (Fsp3) is 0.160. The maximum absolute atomic E-state index is 13.4. The van der Waals surface area contributed by atoms with Gasteiger partial charge >= 0.3 is 0 Å². The molecule has 7 nitrogen and oxygen atoms in total. The third-order valence-electron chi connectivity index (χ3n) is 5.06. The van der Waals surface area contributed by atoms with Gasteiger partial charge in [-0.1, -0.05) is 36.0 Å². The van der Waals surface area contributed by atoms with Crippen LogP contribution >= 0.6 is 11.8 Å². The minimum Gasteiger partial charge on any atom is -0.493 e. The highest BCUT2D eigenvalue weighted by Crippen LogP contribution is 2.28. The number of ether oxygens (including phenoxy) is 2. The second-order valence-electron chi connectivity index (χ2n) is 7.34. The molecule has 0 bridgehead atoms. The van der Waals surface area contributed by atoms with Crippen molar-refractivity contribution in [3.8, 4) is 11.5 Å². The fourth-order valence-electron chi connectivity index (χ4n) is 3.45. The largest absolute Gasteiger partial charge is 0.493 e. The molecule has 0 aliphatic heterocycles. The molecule has 0 fully saturated rings. The molecule has 174 valence electrons. The number of fused-ring (bicyclic) bond motifs is 1. The number of amides is 1. The molecule has 0 spiro atoms. The lowest BCUT2D eigenvalue weighted by Gasteiger charge is -2.15. The molecule has 3 aromatic carbocycles. The van der Waals surface area contributed by atoms with Gasteiger partial charge in [-0.3, -0.25) is 14.2 Å². The summed E-state index contributed by atoms with van der Waals surface area (Å²) in [6, 6.07) is 18.1. The molecule has 0 aliphatic rings. The van der Waals surface area contributed by atoms with Crippen molar-refractivity contribution in [2.24, 2.45) is 0 Å². The number of hydrogen-bond donors (Lipinski definition) is 1. The van der Waals surface area contributed by atoms with Gasteiger partial charge in [0.1, 0.15) is 5.82 Å². The minimum absolute atomic E-state index is 0.00672. The Labute approximate surface area is 199 Å². The lowest BCUT2D eigenvalue weighted by atomic mass is 10.2. The number of anilines is 1. The highest BCUT2D eigenvalue weighted by Gasteiger charge is 2.15. The van der Waals surface area contributed by atoms with Gasteiger partial charge in [-0.2, -0.15) is 0 Å². The van der Waals surface area contributed by atoms with Crippen molar-refractivity contribution in [3.05, 3.63) is 88.5 Å². The molecule has 0 atom stereocenters. The summed E-state index contributed by atoms with van der Waals surface area (Å²) in [5.41, 5.74) is 1.50. The van der Waals surface area contributed by atoms with E-state index in [9.17, 15) is 14.0 Å². The van der Waals surface area contributed by atoms with Crippen LogP contribution in [0.1, 0.15) is 5.56 Å². The van der Waals surface area contributed by atoms with E-state index in [0.717, 1.165) is 17.3 Å². The topological polar surface area (TPSA) is 82.5 Å². The van der Waals surface area contributed by atoms with Gasteiger partial charge in [0.2, 0.25) is 5.91 Å². The number of para-hydroxylation sites is 1. The monoisotopic (exact) mass is 479 g/mol. The molecule has 1 heterocycles. The minimum atomic E-state index is -0.439. The quantitative estimate of drug-likeness (QED) is 0.299. The van der Waals surface area contributed by atoms with Crippen LogP contribution in [0.5, 0.6) is 11.5 Å². The van der Waals surface area contributed by atoms with Crippen molar-refractivity contribution in [2.45, 2.75) is 11.7 Å². The molecule has 1 aromatic heterocycles. The van der Waals surface area contributed by atoms with Crippen molar-refractivity contribution in [3.63, 3.8) is 0 Å². The predicted molar refractivity (Wildman–Crippen MR) is 130 cm³/mol. The van der Waals surface area contributed by atoms with Gasteiger partial charge in [0.05, 0.1) is 37.4 Å². The summed E-state index contributed by atoms with van der Waals surface area (Å²) in [5.74, 6) is 0.346. The Morgan fingerprint density at radius 2 is 1.82 bits per heavy atom. The van der Waals surface area contributed by atoms with E-state index in [1.807, 2.05) is 6.07 Å². The summed E-state index contributed by atoms with van der Waals surface area (Å²) >= 11 is 1.13. The second kappa shape index (κ2) is 10.4. The zero-order chi connectivity index (χ0) is 24.1. The molecule has 0 aliphatic carbocycles. The van der Waals surface area contributed by atoms with E-state index in [0.29, 0.717) is 33.2 Å². The van der Waals surface area contributed by atoms with Crippen LogP contribution in [0, 0.1) is 5.82 Å². The van der Waals surface area contributed by atoms with E-state index in [4.69, 9.17) is 9.47 Å². The van der Waals surface area contributed by atoms with Crippen molar-refractivity contribution < 1.29 is 18.7 Å². The molecule has 4 rings (SSSR count). The van der Waals surface area contributed by atoms with Gasteiger partial charge in [0, 0.05) is 5.69 Å². The molecular formula is C25H22FN3O4S. The van der Waals surface area contributed by atoms with E-state index < -0.39 is 5.82 Å². The molecule has 0 saturated carbocycles. The number of thioether (sulfide) groups is 1. The van der Waals surface area contributed by atoms with Crippen LogP contribution in [-0.4, -0.2) is 35.4 Å². The number of aromatic nitrogens is 2. The van der Waals surface area contributed by atoms with Gasteiger partial charge in [-0.25, -0.2) is 9.37 Å². The third kappa shape index (κ3) is 5.20. The average Bonchev–Trinajstić information content (AvgIpc) is 2.84. The summed E-state index contributed by atoms with van der Waals surface area (Å²) < 4.78 is 25.6. The molecule has 1 N–H and O–H groups in total. The van der Waals surface area contributed by atoms with E-state index in [2.05, 4.69) is 10.3 Å². The lowest BCUT2D eigenvalue weighted by Crippen LogP contribution is -2.25. The number of nitrogens with one attached hydrogen (secondary N) is 1. The number of rotatable bonds is 8. The summed E-state index contributed by atoms with van der Waals surface area (Å²) in [6.45, 7) is 0.227. The first kappa shape index (κ1) is 23.3. The Morgan fingerprint density at radius 3 is 2.59 bits per heavy atom. The van der Waals surface area contributed by atoms with Crippen molar-refractivity contribution in [1.29, 1.82) is 0 Å². The number of hydrogen-bond acceptors (Lipinski definition) is 6. The Balaban J connectivity index is 1.63. The maximum Gasteiger partial charge on any atom is 0.262 e. The van der Waals surface area contributed by atoms with Crippen LogP contribution in [0.3, 0.4) is 0 Å². The standard InChI is InChI=1S/C25H22FN3O4S/c1-32-21-11-10-16(12-22(21)33-2)14-29-24(31)19-8-3-4-9-20(19)28-25(29)34-15-23(30)27-18-7-5-6-17(26)13-18/h3-13H,14-15H2,1-2H3,(H,27,30). The predicted octanol–water partition coefficient (Wildman–Crippen LogP) is 4.33. The first-order valence-corrected chi connectivity index (χ1v) is 11.4. The van der Waals surface area contributed by atoms with E-state index in [1.165, 1.54) is 22.8 Å². The Bertz CT molecular complexity index is 1410. The van der Waals surface area contributed by atoms with Gasteiger partial charge < -0.3 is 14.8 Å². The van der Waals surface area contributed by atoms with Crippen molar-refractivity contribution >= 4 is 34.3 Å². The zero-order valence-corrected chi connectivity index (χ0v) is 19.4. The SMILES string of the molecule is COc1ccc(Cn2c(SCC(=O)Nc3cccc(F)c3)nc3ccccc3c2=O)cc1OC. The number of methoxy groups -OCH3 is 2. The number of benzene rings is 3. The van der Waals surface area contributed by atoms with Crippen molar-refractivity contribution in [1.82, 2.24) is 9.55 Å². The number of nitrogens with zero attached hydrogens (tertiary/aromatic N) is 2. The van der Waals surface area contributed by atoms with Crippen LogP contribution in [0.4, 0.5) is 10.1 Å². The summed E-state index contributed by atoms with van der Waals surface area (Å²) in [4.78, 5) is 30.4. The Hall–Kier alpha value is -3.85. The lowest BCUT2D eigenvalue weighted by molar-refractivity contribution is -0.113. The van der Waals surface area contributed by atoms with E-state index in [-0.39, 0.29) is 23.8 Å².